The van der Waals surface area contributed by atoms with Gasteiger partial charge in [0.05, 0.1) is 12.8 Å². The molecule has 116 valence electrons. The number of hydrogen-bond acceptors (Lipinski definition) is 4. The molecule has 0 aliphatic carbocycles. The summed E-state index contributed by atoms with van der Waals surface area (Å²) in [6.07, 6.45) is 0. The van der Waals surface area contributed by atoms with E-state index in [1.807, 2.05) is 45.0 Å². The molecule has 0 fully saturated rings. The first-order valence-corrected chi connectivity index (χ1v) is 7.07. The summed E-state index contributed by atoms with van der Waals surface area (Å²) in [5.74, 6) is 0.717. The van der Waals surface area contributed by atoms with Crippen molar-refractivity contribution in [2.45, 2.75) is 27.3 Å². The SMILES string of the molecule is COc1ccc(-c2ccc(=O)n(CC(=O)C(C)(C)C)n2)cc1. The van der Waals surface area contributed by atoms with Crippen LogP contribution in [0.5, 0.6) is 5.75 Å². The summed E-state index contributed by atoms with van der Waals surface area (Å²) >= 11 is 0. The number of rotatable bonds is 4. The van der Waals surface area contributed by atoms with Crippen molar-refractivity contribution in [1.29, 1.82) is 0 Å². The maximum atomic E-state index is 12.1. The monoisotopic (exact) mass is 300 g/mol. The van der Waals surface area contributed by atoms with Crippen molar-refractivity contribution in [3.05, 3.63) is 46.8 Å². The Hall–Kier alpha value is -2.43. The van der Waals surface area contributed by atoms with Crippen molar-refractivity contribution < 1.29 is 9.53 Å². The minimum atomic E-state index is -0.503. The van der Waals surface area contributed by atoms with E-state index in [4.69, 9.17) is 4.74 Å². The normalized spacial score (nSPS) is 11.3. The van der Waals surface area contributed by atoms with Gasteiger partial charge in [-0.05, 0) is 30.3 Å². The maximum absolute atomic E-state index is 12.1. The molecule has 0 saturated heterocycles. The summed E-state index contributed by atoms with van der Waals surface area (Å²) in [5, 5.41) is 4.29. The molecule has 0 aliphatic heterocycles. The van der Waals surface area contributed by atoms with Crippen LogP contribution in [-0.4, -0.2) is 22.7 Å². The Morgan fingerprint density at radius 3 is 2.32 bits per heavy atom. The zero-order chi connectivity index (χ0) is 16.3. The largest absolute Gasteiger partial charge is 0.497 e. The van der Waals surface area contributed by atoms with Crippen molar-refractivity contribution in [2.24, 2.45) is 5.41 Å². The molecular formula is C17H20N2O3. The second kappa shape index (κ2) is 6.13. The molecule has 0 spiro atoms. The number of benzene rings is 1. The van der Waals surface area contributed by atoms with E-state index < -0.39 is 5.41 Å². The van der Waals surface area contributed by atoms with Gasteiger partial charge in [-0.3, -0.25) is 9.59 Å². The minimum absolute atomic E-state index is 0.0215. The standard InChI is InChI=1S/C17H20N2O3/c1-17(2,3)15(20)11-19-16(21)10-9-14(18-19)12-5-7-13(22-4)8-6-12/h5-10H,11H2,1-4H3. The second-order valence-corrected chi connectivity index (χ2v) is 6.12. The smallest absolute Gasteiger partial charge is 0.267 e. The molecular weight excluding hydrogens is 280 g/mol. The predicted molar refractivity (Wildman–Crippen MR) is 84.9 cm³/mol. The predicted octanol–water partition coefficient (Wildman–Crippen LogP) is 2.53. The van der Waals surface area contributed by atoms with Crippen LogP contribution in [0.3, 0.4) is 0 Å². The number of Topliss-reactive ketones (excluding diaryl/α,β-unsaturated/α-hetero) is 1. The Kier molecular flexibility index (Phi) is 4.45. The van der Waals surface area contributed by atoms with Crippen LogP contribution in [-0.2, 0) is 11.3 Å². The lowest BCUT2D eigenvalue weighted by Gasteiger charge is -2.17. The van der Waals surface area contributed by atoms with Gasteiger partial charge in [-0.1, -0.05) is 20.8 Å². The van der Waals surface area contributed by atoms with Crippen LogP contribution in [0, 0.1) is 5.41 Å². The highest BCUT2D eigenvalue weighted by Crippen LogP contribution is 2.20. The number of hydrogen-bond donors (Lipinski definition) is 0. The molecule has 1 aromatic heterocycles. The van der Waals surface area contributed by atoms with Gasteiger partial charge in [0.2, 0.25) is 0 Å². The molecule has 0 atom stereocenters. The number of carbonyl (C=O) groups is 1. The Balaban J connectivity index is 2.33. The molecule has 22 heavy (non-hydrogen) atoms. The van der Waals surface area contributed by atoms with Crippen LogP contribution in [0.25, 0.3) is 11.3 Å². The van der Waals surface area contributed by atoms with E-state index in [2.05, 4.69) is 5.10 Å². The van der Waals surface area contributed by atoms with Crippen molar-refractivity contribution >= 4 is 5.78 Å². The molecule has 5 nitrogen and oxygen atoms in total. The summed E-state index contributed by atoms with van der Waals surface area (Å²) in [6, 6.07) is 10.5. The average Bonchev–Trinajstić information content (AvgIpc) is 2.48. The van der Waals surface area contributed by atoms with Crippen LogP contribution >= 0.6 is 0 Å². The second-order valence-electron chi connectivity index (χ2n) is 6.12. The lowest BCUT2D eigenvalue weighted by molar-refractivity contribution is -0.127. The van der Waals surface area contributed by atoms with Crippen LogP contribution in [0.4, 0.5) is 0 Å². The van der Waals surface area contributed by atoms with Gasteiger partial charge in [0, 0.05) is 17.0 Å². The fourth-order valence-corrected chi connectivity index (χ4v) is 1.85. The van der Waals surface area contributed by atoms with E-state index in [-0.39, 0.29) is 17.9 Å². The lowest BCUT2D eigenvalue weighted by atomic mass is 9.91. The van der Waals surface area contributed by atoms with Gasteiger partial charge in [-0.2, -0.15) is 5.10 Å². The Morgan fingerprint density at radius 2 is 1.77 bits per heavy atom. The quantitative estimate of drug-likeness (QED) is 0.870. The third-order valence-corrected chi connectivity index (χ3v) is 3.38. The summed E-state index contributed by atoms with van der Waals surface area (Å²) in [7, 11) is 1.60. The summed E-state index contributed by atoms with van der Waals surface area (Å²) in [4.78, 5) is 24.0. The highest BCUT2D eigenvalue weighted by molar-refractivity contribution is 5.83. The molecule has 2 aromatic rings. The van der Waals surface area contributed by atoms with E-state index in [0.717, 1.165) is 11.3 Å². The van der Waals surface area contributed by atoms with Gasteiger partial charge in [-0.15, -0.1) is 0 Å². The zero-order valence-corrected chi connectivity index (χ0v) is 13.3. The fraction of sp³-hybridized carbons (Fsp3) is 0.353. The van der Waals surface area contributed by atoms with Crippen LogP contribution in [0.1, 0.15) is 20.8 Å². The van der Waals surface area contributed by atoms with Gasteiger partial charge in [0.25, 0.3) is 5.56 Å². The average molecular weight is 300 g/mol. The summed E-state index contributed by atoms with van der Waals surface area (Å²) in [6.45, 7) is 5.46. The number of carbonyl (C=O) groups excluding carboxylic acids is 1. The fourth-order valence-electron chi connectivity index (χ4n) is 1.85. The first kappa shape index (κ1) is 15.9. The molecule has 0 bridgehead atoms. The van der Waals surface area contributed by atoms with E-state index >= 15 is 0 Å². The van der Waals surface area contributed by atoms with Gasteiger partial charge < -0.3 is 4.74 Å². The topological polar surface area (TPSA) is 61.2 Å². The van der Waals surface area contributed by atoms with Gasteiger partial charge in [0.15, 0.2) is 5.78 Å². The van der Waals surface area contributed by atoms with E-state index in [1.165, 1.54) is 10.7 Å². The number of ether oxygens (including phenoxy) is 1. The van der Waals surface area contributed by atoms with Gasteiger partial charge >= 0.3 is 0 Å². The molecule has 0 unspecified atom stereocenters. The van der Waals surface area contributed by atoms with Gasteiger partial charge in [-0.25, -0.2) is 4.68 Å². The van der Waals surface area contributed by atoms with Crippen molar-refractivity contribution in [3.63, 3.8) is 0 Å². The lowest BCUT2D eigenvalue weighted by Crippen LogP contribution is -2.32. The molecule has 5 heteroatoms. The first-order chi connectivity index (χ1) is 10.3. The van der Waals surface area contributed by atoms with Crippen molar-refractivity contribution in [2.75, 3.05) is 7.11 Å². The summed E-state index contributed by atoms with van der Waals surface area (Å²) in [5.41, 5.74) is 0.716. The Bertz CT molecular complexity index is 725. The van der Waals surface area contributed by atoms with Crippen molar-refractivity contribution in [1.82, 2.24) is 9.78 Å². The number of aromatic nitrogens is 2. The highest BCUT2D eigenvalue weighted by atomic mass is 16.5. The van der Waals surface area contributed by atoms with E-state index in [0.29, 0.717) is 5.69 Å². The Labute approximate surface area is 129 Å². The molecule has 0 radical (unpaired) electrons. The number of nitrogens with zero attached hydrogens (tertiary/aromatic N) is 2. The molecule has 0 aliphatic rings. The summed E-state index contributed by atoms with van der Waals surface area (Å²) < 4.78 is 6.33. The van der Waals surface area contributed by atoms with Crippen LogP contribution in [0.2, 0.25) is 0 Å². The third kappa shape index (κ3) is 3.61. The first-order valence-electron chi connectivity index (χ1n) is 7.07. The van der Waals surface area contributed by atoms with E-state index in [1.54, 1.807) is 13.2 Å². The molecule has 1 aromatic carbocycles. The maximum Gasteiger partial charge on any atom is 0.267 e. The minimum Gasteiger partial charge on any atom is -0.497 e. The van der Waals surface area contributed by atoms with Crippen LogP contribution < -0.4 is 10.3 Å². The zero-order valence-electron chi connectivity index (χ0n) is 13.3. The Morgan fingerprint density at radius 1 is 1.14 bits per heavy atom. The third-order valence-electron chi connectivity index (χ3n) is 3.38. The molecule has 0 amide bonds. The van der Waals surface area contributed by atoms with Gasteiger partial charge in [0.1, 0.15) is 12.3 Å². The van der Waals surface area contributed by atoms with Crippen molar-refractivity contribution in [3.8, 4) is 17.0 Å². The number of ketones is 1. The van der Waals surface area contributed by atoms with E-state index in [9.17, 15) is 9.59 Å². The van der Waals surface area contributed by atoms with Crippen LogP contribution in [0.15, 0.2) is 41.2 Å². The molecule has 2 rings (SSSR count). The number of methoxy groups -OCH3 is 1. The molecule has 0 N–H and O–H groups in total. The highest BCUT2D eigenvalue weighted by Gasteiger charge is 2.22. The molecule has 1 heterocycles. The molecule has 0 saturated carbocycles.